The van der Waals surface area contributed by atoms with Crippen molar-refractivity contribution >= 4 is 22.7 Å². The summed E-state index contributed by atoms with van der Waals surface area (Å²) < 4.78 is 0. The quantitative estimate of drug-likeness (QED) is 0.142. The molecule has 0 spiro atoms. The van der Waals surface area contributed by atoms with E-state index in [9.17, 15) is 19.2 Å². The van der Waals surface area contributed by atoms with Gasteiger partial charge in [0, 0.05) is 26.2 Å². The monoisotopic (exact) mass is 505 g/mol. The molecule has 11 nitrogen and oxygen atoms in total. The number of nitrogens with zero attached hydrogens (tertiary/aromatic N) is 3. The van der Waals surface area contributed by atoms with E-state index in [4.69, 9.17) is 0 Å². The smallest absolute Gasteiger partial charge is 0.253 e. The second-order valence-electron chi connectivity index (χ2n) is 9.85. The Morgan fingerprint density at radius 3 is 0.944 bits per heavy atom. The highest BCUT2D eigenvalue weighted by Gasteiger charge is 2.21. The first-order chi connectivity index (χ1) is 17.1. The average molecular weight is 506 g/mol. The van der Waals surface area contributed by atoms with Crippen molar-refractivity contribution in [1.82, 2.24) is 14.7 Å². The summed E-state index contributed by atoms with van der Waals surface area (Å²) in [6, 6.07) is 0. The Morgan fingerprint density at radius 1 is 0.444 bits per heavy atom. The number of nitrogens with one attached hydrogen (secondary N) is 4. The molecule has 36 heavy (non-hydrogen) atoms. The van der Waals surface area contributed by atoms with E-state index in [0.717, 1.165) is 51.9 Å². The second kappa shape index (κ2) is 14.7. The zero-order chi connectivity index (χ0) is 26.7. The highest BCUT2D eigenvalue weighted by molar-refractivity contribution is 5.74. The van der Waals surface area contributed by atoms with Crippen LogP contribution in [0.2, 0.25) is 0 Å². The van der Waals surface area contributed by atoms with Crippen molar-refractivity contribution in [1.29, 1.82) is 0 Å². The first kappa shape index (κ1) is 29.5. The third-order valence-corrected chi connectivity index (χ3v) is 6.03. The van der Waals surface area contributed by atoms with Gasteiger partial charge in [-0.05, 0) is 87.1 Å². The topological polar surface area (TPSA) is 126 Å². The maximum absolute atomic E-state index is 11.9. The Morgan fingerprint density at radius 2 is 0.694 bits per heavy atom. The van der Waals surface area contributed by atoms with E-state index in [2.05, 4.69) is 36.0 Å². The predicted molar refractivity (Wildman–Crippen MR) is 150 cm³/mol. The Hall–Kier alpha value is -2.76. The molecule has 0 saturated carbocycles. The van der Waals surface area contributed by atoms with Crippen molar-refractivity contribution in [2.45, 2.75) is 25.7 Å². The Kier molecular flexibility index (Phi) is 12.0. The molecule has 2 aromatic rings. The molecule has 202 valence electrons. The number of anilines is 4. The summed E-state index contributed by atoms with van der Waals surface area (Å²) in [7, 11) is 10.0. The fourth-order valence-electron chi connectivity index (χ4n) is 3.91. The van der Waals surface area contributed by atoms with E-state index in [1.165, 1.54) is 0 Å². The Balaban J connectivity index is 1.61. The third kappa shape index (κ3) is 8.72. The van der Waals surface area contributed by atoms with Gasteiger partial charge in [-0.3, -0.25) is 19.2 Å². The summed E-state index contributed by atoms with van der Waals surface area (Å²) in [5.74, 6) is 0. The van der Waals surface area contributed by atoms with Gasteiger partial charge in [0.1, 0.15) is 22.7 Å². The lowest BCUT2D eigenvalue weighted by atomic mass is 10.1. The van der Waals surface area contributed by atoms with E-state index in [1.54, 1.807) is 0 Å². The number of hydrogen-bond acceptors (Lipinski definition) is 11. The van der Waals surface area contributed by atoms with Crippen LogP contribution in [0.15, 0.2) is 19.2 Å². The van der Waals surface area contributed by atoms with Gasteiger partial charge in [-0.2, -0.15) is 0 Å². The van der Waals surface area contributed by atoms with Gasteiger partial charge < -0.3 is 36.0 Å². The number of hydrogen-bond donors (Lipinski definition) is 4. The third-order valence-electron chi connectivity index (χ3n) is 6.03. The normalized spacial score (nSPS) is 11.8. The Labute approximate surface area is 213 Å². The van der Waals surface area contributed by atoms with Gasteiger partial charge in [0.05, 0.1) is 0 Å². The molecule has 2 rings (SSSR count). The molecule has 0 aromatic heterocycles. The maximum atomic E-state index is 11.9. The molecule has 0 aliphatic carbocycles. The van der Waals surface area contributed by atoms with Crippen LogP contribution in [-0.2, 0) is 0 Å². The fourth-order valence-corrected chi connectivity index (χ4v) is 3.91. The molecule has 0 saturated heterocycles. The second-order valence-corrected chi connectivity index (χ2v) is 9.85. The molecule has 11 heteroatoms. The van der Waals surface area contributed by atoms with Gasteiger partial charge in [-0.15, -0.1) is 0 Å². The molecule has 0 bridgehead atoms. The van der Waals surface area contributed by atoms with Crippen LogP contribution >= 0.6 is 0 Å². The summed E-state index contributed by atoms with van der Waals surface area (Å²) >= 11 is 0. The fraction of sp³-hybridized carbons (Fsp3) is 0.680. The van der Waals surface area contributed by atoms with Crippen molar-refractivity contribution in [3.05, 3.63) is 40.9 Å². The van der Waals surface area contributed by atoms with E-state index in [-0.39, 0.29) is 0 Å². The van der Waals surface area contributed by atoms with Gasteiger partial charge in [0.2, 0.25) is 0 Å². The highest BCUT2D eigenvalue weighted by atomic mass is 16.2. The molecule has 0 unspecified atom stereocenters. The SMILES string of the molecule is CN(C)CCCNc1c(NCCCN(C)CCCNc2c(NCCCN(C)C)c(=O)c2=O)c(=O)c1=O. The lowest BCUT2D eigenvalue weighted by molar-refractivity contribution is 0.331. The average Bonchev–Trinajstić information content (AvgIpc) is 2.84. The van der Waals surface area contributed by atoms with Gasteiger partial charge in [0.25, 0.3) is 21.7 Å². The summed E-state index contributed by atoms with van der Waals surface area (Å²) in [5, 5.41) is 12.4. The molecule has 0 amide bonds. The number of rotatable bonds is 20. The van der Waals surface area contributed by atoms with Crippen molar-refractivity contribution in [2.24, 2.45) is 0 Å². The first-order valence-corrected chi connectivity index (χ1v) is 12.7. The van der Waals surface area contributed by atoms with Crippen molar-refractivity contribution in [3.63, 3.8) is 0 Å². The minimum absolute atomic E-state index is 0.399. The molecule has 2 aromatic carbocycles. The van der Waals surface area contributed by atoms with E-state index in [0.29, 0.717) is 48.9 Å². The zero-order valence-corrected chi connectivity index (χ0v) is 22.5. The zero-order valence-electron chi connectivity index (χ0n) is 22.5. The largest absolute Gasteiger partial charge is 0.380 e. The predicted octanol–water partition coefficient (Wildman–Crippen LogP) is -0.158. The van der Waals surface area contributed by atoms with Crippen LogP contribution in [0.5, 0.6) is 0 Å². The molecular weight excluding hydrogens is 462 g/mol. The Bertz CT molecular complexity index is 997. The maximum Gasteiger partial charge on any atom is 0.253 e. The molecule has 0 aliphatic heterocycles. The van der Waals surface area contributed by atoms with E-state index >= 15 is 0 Å². The van der Waals surface area contributed by atoms with Crippen LogP contribution in [0.25, 0.3) is 0 Å². The summed E-state index contributed by atoms with van der Waals surface area (Å²) in [6.45, 7) is 5.98. The van der Waals surface area contributed by atoms with E-state index < -0.39 is 21.7 Å². The lowest BCUT2D eigenvalue weighted by Gasteiger charge is -2.19. The summed E-state index contributed by atoms with van der Waals surface area (Å²) in [6.07, 6.45) is 3.42. The summed E-state index contributed by atoms with van der Waals surface area (Å²) in [4.78, 5) is 53.7. The first-order valence-electron chi connectivity index (χ1n) is 12.7. The molecule has 0 radical (unpaired) electrons. The molecule has 0 aliphatic rings. The van der Waals surface area contributed by atoms with Crippen LogP contribution in [0.3, 0.4) is 0 Å². The van der Waals surface area contributed by atoms with Crippen molar-refractivity contribution in [3.8, 4) is 0 Å². The van der Waals surface area contributed by atoms with Crippen LogP contribution in [0.4, 0.5) is 22.7 Å². The molecule has 0 heterocycles. The lowest BCUT2D eigenvalue weighted by Crippen LogP contribution is -2.38. The minimum atomic E-state index is -0.450. The van der Waals surface area contributed by atoms with Crippen LogP contribution in [0.1, 0.15) is 25.7 Å². The molecule has 0 atom stereocenters. The van der Waals surface area contributed by atoms with Gasteiger partial charge in [-0.25, -0.2) is 0 Å². The minimum Gasteiger partial charge on any atom is -0.380 e. The van der Waals surface area contributed by atoms with Crippen molar-refractivity contribution < 1.29 is 0 Å². The highest BCUT2D eigenvalue weighted by Crippen LogP contribution is 2.15. The van der Waals surface area contributed by atoms with Gasteiger partial charge in [0.15, 0.2) is 0 Å². The van der Waals surface area contributed by atoms with E-state index in [1.807, 2.05) is 35.2 Å². The van der Waals surface area contributed by atoms with Gasteiger partial charge >= 0.3 is 0 Å². The van der Waals surface area contributed by atoms with Crippen LogP contribution in [-0.4, -0.2) is 102 Å². The molecular formula is C25H43N7O4. The standard InChI is InChI=1S/C25H43N7O4/c1-30(2)14-6-10-26-18-20(24(35)22(18)33)28-12-8-16-32(5)17-9-13-29-21-19(23(34)25(21)36)27-11-7-15-31(3)4/h26-29H,6-17H2,1-5H3. The van der Waals surface area contributed by atoms with Gasteiger partial charge in [-0.1, -0.05) is 0 Å². The van der Waals surface area contributed by atoms with Crippen molar-refractivity contribution in [2.75, 3.05) is 109 Å². The van der Waals surface area contributed by atoms with Crippen LogP contribution < -0.4 is 43.0 Å². The summed E-state index contributed by atoms with van der Waals surface area (Å²) in [5.41, 5.74) is -0.178. The molecule has 0 fully saturated rings. The van der Waals surface area contributed by atoms with Crippen LogP contribution in [0, 0.1) is 0 Å². The molecule has 4 N–H and O–H groups in total.